The molecule has 1 heteroatoms. The van der Waals surface area contributed by atoms with Gasteiger partial charge in [-0.15, -0.1) is 0 Å². The fourth-order valence-electron chi connectivity index (χ4n) is 1.80. The van der Waals surface area contributed by atoms with Crippen LogP contribution in [0.2, 0.25) is 0 Å². The van der Waals surface area contributed by atoms with Crippen LogP contribution >= 0.6 is 0 Å². The third-order valence-electron chi connectivity index (χ3n) is 2.60. The molecular weight excluding hydrogens is 134 g/mol. The summed E-state index contributed by atoms with van der Waals surface area (Å²) in [6, 6.07) is 2.05. The molecule has 0 N–H and O–H groups in total. The van der Waals surface area contributed by atoms with E-state index in [1.54, 1.807) is 6.08 Å². The molecule has 0 heterocycles. The van der Waals surface area contributed by atoms with Crippen LogP contribution < -0.4 is 0 Å². The molecule has 1 aliphatic carbocycles. The maximum Gasteiger partial charge on any atom is 0.0908 e. The van der Waals surface area contributed by atoms with Crippen molar-refractivity contribution >= 4 is 0 Å². The normalized spacial score (nSPS) is 32.0. The van der Waals surface area contributed by atoms with E-state index in [0.29, 0.717) is 5.92 Å². The molecule has 0 aromatic heterocycles. The van der Waals surface area contributed by atoms with Crippen molar-refractivity contribution in [2.75, 3.05) is 0 Å². The summed E-state index contributed by atoms with van der Waals surface area (Å²) in [5.74, 6) is 1.46. The van der Waals surface area contributed by atoms with Crippen LogP contribution in [0, 0.1) is 23.2 Å². The SMILES string of the molecule is CC1CCCCC1/C=C/C#N. The van der Waals surface area contributed by atoms with Crippen LogP contribution in [0.25, 0.3) is 0 Å². The highest BCUT2D eigenvalue weighted by Crippen LogP contribution is 2.30. The second kappa shape index (κ2) is 4.18. The lowest BCUT2D eigenvalue weighted by molar-refractivity contribution is 0.306. The lowest BCUT2D eigenvalue weighted by Crippen LogP contribution is -2.13. The third kappa shape index (κ3) is 2.38. The first-order chi connectivity index (χ1) is 5.34. The minimum absolute atomic E-state index is 0.670. The first-order valence-corrected chi connectivity index (χ1v) is 4.41. The Morgan fingerprint density at radius 3 is 2.73 bits per heavy atom. The fourth-order valence-corrected chi connectivity index (χ4v) is 1.80. The van der Waals surface area contributed by atoms with Gasteiger partial charge < -0.3 is 0 Å². The molecular formula is C10H15N. The topological polar surface area (TPSA) is 23.8 Å². The van der Waals surface area contributed by atoms with Gasteiger partial charge >= 0.3 is 0 Å². The van der Waals surface area contributed by atoms with Crippen molar-refractivity contribution in [3.63, 3.8) is 0 Å². The Balaban J connectivity index is 2.43. The summed E-state index contributed by atoms with van der Waals surface area (Å²) in [6.45, 7) is 2.28. The van der Waals surface area contributed by atoms with Crippen molar-refractivity contribution < 1.29 is 0 Å². The van der Waals surface area contributed by atoms with Crippen molar-refractivity contribution in [2.45, 2.75) is 32.6 Å². The number of rotatable bonds is 1. The van der Waals surface area contributed by atoms with Crippen molar-refractivity contribution in [1.82, 2.24) is 0 Å². The van der Waals surface area contributed by atoms with Gasteiger partial charge in [0.15, 0.2) is 0 Å². The van der Waals surface area contributed by atoms with E-state index in [1.807, 2.05) is 0 Å². The zero-order chi connectivity index (χ0) is 8.10. The average molecular weight is 149 g/mol. The number of nitrogens with zero attached hydrogens (tertiary/aromatic N) is 1. The standard InChI is InChI=1S/C10H15N/c1-9-5-2-3-6-10(9)7-4-8-11/h4,7,9-10H,2-3,5-6H2,1H3/b7-4+. The molecule has 1 aliphatic rings. The van der Waals surface area contributed by atoms with Crippen LogP contribution in [0.15, 0.2) is 12.2 Å². The second-order valence-corrected chi connectivity index (χ2v) is 3.41. The molecule has 0 amide bonds. The summed E-state index contributed by atoms with van der Waals surface area (Å²) in [5.41, 5.74) is 0. The molecule has 1 nitrogen and oxygen atoms in total. The van der Waals surface area contributed by atoms with Gasteiger partial charge in [-0.3, -0.25) is 0 Å². The van der Waals surface area contributed by atoms with E-state index in [9.17, 15) is 0 Å². The zero-order valence-corrected chi connectivity index (χ0v) is 7.09. The van der Waals surface area contributed by atoms with Crippen molar-refractivity contribution in [1.29, 1.82) is 5.26 Å². The van der Waals surface area contributed by atoms with E-state index >= 15 is 0 Å². The Bertz CT molecular complexity index is 176. The van der Waals surface area contributed by atoms with E-state index < -0.39 is 0 Å². The number of hydrogen-bond acceptors (Lipinski definition) is 1. The summed E-state index contributed by atoms with van der Waals surface area (Å²) in [5, 5.41) is 8.35. The lowest BCUT2D eigenvalue weighted by Gasteiger charge is -2.25. The molecule has 2 atom stereocenters. The molecule has 0 spiro atoms. The van der Waals surface area contributed by atoms with Crippen LogP contribution in [-0.4, -0.2) is 0 Å². The lowest BCUT2D eigenvalue weighted by atomic mass is 9.80. The number of nitriles is 1. The number of hydrogen-bond donors (Lipinski definition) is 0. The van der Waals surface area contributed by atoms with Gasteiger partial charge in [0, 0.05) is 6.08 Å². The highest BCUT2D eigenvalue weighted by atomic mass is 14.2. The van der Waals surface area contributed by atoms with Gasteiger partial charge in [0.25, 0.3) is 0 Å². The van der Waals surface area contributed by atoms with E-state index in [0.717, 1.165) is 5.92 Å². The fraction of sp³-hybridized carbons (Fsp3) is 0.700. The summed E-state index contributed by atoms with van der Waals surface area (Å²) < 4.78 is 0. The Labute approximate surface area is 68.7 Å². The highest BCUT2D eigenvalue weighted by Gasteiger charge is 2.17. The monoisotopic (exact) mass is 149 g/mol. The molecule has 0 aromatic rings. The third-order valence-corrected chi connectivity index (χ3v) is 2.60. The average Bonchev–Trinajstić information content (AvgIpc) is 2.03. The first-order valence-electron chi connectivity index (χ1n) is 4.41. The highest BCUT2D eigenvalue weighted by molar-refractivity contribution is 5.05. The van der Waals surface area contributed by atoms with Gasteiger partial charge in [-0.25, -0.2) is 0 Å². The van der Waals surface area contributed by atoms with Gasteiger partial charge in [0.2, 0.25) is 0 Å². The minimum atomic E-state index is 0.670. The Kier molecular flexibility index (Phi) is 3.16. The second-order valence-electron chi connectivity index (χ2n) is 3.41. The quantitative estimate of drug-likeness (QED) is 0.526. The number of allylic oxidation sites excluding steroid dienone is 2. The Morgan fingerprint density at radius 1 is 1.36 bits per heavy atom. The predicted octanol–water partition coefficient (Wildman–Crippen LogP) is 2.89. The summed E-state index contributed by atoms with van der Waals surface area (Å²) in [6.07, 6.45) is 9.03. The molecule has 0 radical (unpaired) electrons. The van der Waals surface area contributed by atoms with E-state index in [-0.39, 0.29) is 0 Å². The summed E-state index contributed by atoms with van der Waals surface area (Å²) in [7, 11) is 0. The van der Waals surface area contributed by atoms with Crippen LogP contribution in [0.3, 0.4) is 0 Å². The van der Waals surface area contributed by atoms with Gasteiger partial charge in [-0.05, 0) is 18.3 Å². The molecule has 0 bridgehead atoms. The van der Waals surface area contributed by atoms with Gasteiger partial charge in [0.1, 0.15) is 0 Å². The van der Waals surface area contributed by atoms with Gasteiger partial charge in [-0.2, -0.15) is 5.26 Å². The minimum Gasteiger partial charge on any atom is -0.193 e. The van der Waals surface area contributed by atoms with E-state index in [1.165, 1.54) is 25.7 Å². The molecule has 0 aliphatic heterocycles. The molecule has 1 saturated carbocycles. The predicted molar refractivity (Wildman–Crippen MR) is 45.9 cm³/mol. The van der Waals surface area contributed by atoms with E-state index in [2.05, 4.69) is 19.1 Å². The largest absolute Gasteiger partial charge is 0.193 e. The molecule has 1 fully saturated rings. The van der Waals surface area contributed by atoms with Gasteiger partial charge in [0.05, 0.1) is 6.07 Å². The maximum atomic E-state index is 8.35. The smallest absolute Gasteiger partial charge is 0.0908 e. The Morgan fingerprint density at radius 2 is 2.09 bits per heavy atom. The van der Waals surface area contributed by atoms with Crippen LogP contribution in [0.5, 0.6) is 0 Å². The first kappa shape index (κ1) is 8.33. The molecule has 0 aromatic carbocycles. The van der Waals surface area contributed by atoms with Crippen LogP contribution in [0.1, 0.15) is 32.6 Å². The van der Waals surface area contributed by atoms with Crippen LogP contribution in [0.4, 0.5) is 0 Å². The van der Waals surface area contributed by atoms with E-state index in [4.69, 9.17) is 5.26 Å². The van der Waals surface area contributed by atoms with Gasteiger partial charge in [-0.1, -0.05) is 32.3 Å². The summed E-state index contributed by atoms with van der Waals surface area (Å²) >= 11 is 0. The summed E-state index contributed by atoms with van der Waals surface area (Å²) in [4.78, 5) is 0. The van der Waals surface area contributed by atoms with Crippen LogP contribution in [-0.2, 0) is 0 Å². The molecule has 1 rings (SSSR count). The molecule has 11 heavy (non-hydrogen) atoms. The van der Waals surface area contributed by atoms with Crippen molar-refractivity contribution in [2.24, 2.45) is 11.8 Å². The maximum absolute atomic E-state index is 8.35. The molecule has 60 valence electrons. The zero-order valence-electron chi connectivity index (χ0n) is 7.09. The van der Waals surface area contributed by atoms with Crippen molar-refractivity contribution in [3.8, 4) is 6.07 Å². The molecule has 2 unspecified atom stereocenters. The van der Waals surface area contributed by atoms with Crippen molar-refractivity contribution in [3.05, 3.63) is 12.2 Å². The Hall–Kier alpha value is -0.770. The molecule has 0 saturated heterocycles.